The lowest BCUT2D eigenvalue weighted by Gasteiger charge is -2.21. The molecular weight excluding hydrogens is 558 g/mol. The first-order valence-corrected chi connectivity index (χ1v) is 16.2. The number of aromatic nitrogens is 4. The molecule has 0 aromatic carbocycles. The van der Waals surface area contributed by atoms with Crippen molar-refractivity contribution in [2.45, 2.75) is 109 Å². The van der Waals surface area contributed by atoms with E-state index in [1.165, 1.54) is 62.1 Å². The minimum Gasteiger partial charge on any atom is -0.390 e. The summed E-state index contributed by atoms with van der Waals surface area (Å²) in [6.07, 6.45) is 15.8. The van der Waals surface area contributed by atoms with Gasteiger partial charge >= 0.3 is 5.69 Å². The number of aryl methyl sites for hydroxylation is 1. The molecular formula is C34H49N5O5. The van der Waals surface area contributed by atoms with E-state index in [-0.39, 0.29) is 6.42 Å². The molecule has 0 unspecified atom stereocenters. The molecule has 240 valence electrons. The van der Waals surface area contributed by atoms with E-state index in [9.17, 15) is 14.7 Å². The number of aromatic amines is 1. The number of aliphatic hydroxyl groups excluding tert-OH is 1. The van der Waals surface area contributed by atoms with E-state index in [2.05, 4.69) is 32.0 Å². The number of H-pyrrole nitrogens is 1. The predicted molar refractivity (Wildman–Crippen MR) is 170 cm³/mol. The van der Waals surface area contributed by atoms with Gasteiger partial charge in [-0.25, -0.2) is 4.79 Å². The highest BCUT2D eigenvalue weighted by molar-refractivity contribution is 5.06. The molecule has 4 heterocycles. The van der Waals surface area contributed by atoms with E-state index in [1.807, 2.05) is 36.7 Å². The summed E-state index contributed by atoms with van der Waals surface area (Å²) in [6.45, 7) is 5.30. The van der Waals surface area contributed by atoms with Crippen LogP contribution in [0.5, 0.6) is 0 Å². The maximum absolute atomic E-state index is 12.1. The van der Waals surface area contributed by atoms with Crippen LogP contribution < -0.4 is 11.2 Å². The molecule has 4 rings (SSSR count). The number of hydrogen-bond donors (Lipinski definition) is 2. The second kappa shape index (κ2) is 18.6. The van der Waals surface area contributed by atoms with Crippen molar-refractivity contribution in [2.75, 3.05) is 19.8 Å². The number of hydrogen-bond acceptors (Lipinski definition) is 8. The van der Waals surface area contributed by atoms with Crippen LogP contribution in [0, 0.1) is 6.92 Å². The van der Waals surface area contributed by atoms with Gasteiger partial charge in [0.05, 0.1) is 24.1 Å². The lowest BCUT2D eigenvalue weighted by Crippen LogP contribution is -2.33. The Hall–Kier alpha value is -3.18. The largest absolute Gasteiger partial charge is 0.390 e. The first-order chi connectivity index (χ1) is 21.5. The SMILES string of the molecule is Cc1cn([C@H]2C[C@H](O)[C@@H](COCCCCCCCCCCCCN(Cc3ccccn3)Cc3ccccn3)O2)c(=O)[nH]c1=O. The van der Waals surface area contributed by atoms with Crippen molar-refractivity contribution in [3.05, 3.63) is 92.8 Å². The smallest absolute Gasteiger partial charge is 0.330 e. The maximum atomic E-state index is 12.1. The van der Waals surface area contributed by atoms with Gasteiger partial charge in [0.1, 0.15) is 12.3 Å². The average Bonchev–Trinajstić information content (AvgIpc) is 3.39. The number of ether oxygens (including phenoxy) is 2. The van der Waals surface area contributed by atoms with Gasteiger partial charge in [0.15, 0.2) is 0 Å². The summed E-state index contributed by atoms with van der Waals surface area (Å²) in [5.41, 5.74) is 1.69. The molecule has 0 radical (unpaired) electrons. The zero-order valence-electron chi connectivity index (χ0n) is 26.1. The van der Waals surface area contributed by atoms with Gasteiger partial charge in [0.25, 0.3) is 5.56 Å². The molecule has 1 saturated heterocycles. The Labute approximate surface area is 260 Å². The van der Waals surface area contributed by atoms with Crippen LogP contribution in [0.25, 0.3) is 0 Å². The van der Waals surface area contributed by atoms with Gasteiger partial charge in [-0.1, -0.05) is 63.5 Å². The van der Waals surface area contributed by atoms with Crippen molar-refractivity contribution in [1.29, 1.82) is 0 Å². The molecule has 3 atom stereocenters. The zero-order valence-corrected chi connectivity index (χ0v) is 26.1. The second-order valence-corrected chi connectivity index (χ2v) is 11.9. The van der Waals surface area contributed by atoms with E-state index in [0.717, 1.165) is 43.9 Å². The van der Waals surface area contributed by atoms with Gasteiger partial charge < -0.3 is 14.6 Å². The predicted octanol–water partition coefficient (Wildman–Crippen LogP) is 4.90. The molecule has 0 aliphatic carbocycles. The number of nitrogens with zero attached hydrogens (tertiary/aromatic N) is 4. The van der Waals surface area contributed by atoms with Crippen LogP contribution in [-0.4, -0.2) is 61.5 Å². The van der Waals surface area contributed by atoms with Gasteiger partial charge in [0.2, 0.25) is 0 Å². The fourth-order valence-corrected chi connectivity index (χ4v) is 5.64. The number of pyridine rings is 2. The Morgan fingerprint density at radius 1 is 0.909 bits per heavy atom. The number of aliphatic hydroxyl groups is 1. The van der Waals surface area contributed by atoms with E-state index < -0.39 is 29.7 Å². The maximum Gasteiger partial charge on any atom is 0.330 e. The van der Waals surface area contributed by atoms with E-state index >= 15 is 0 Å². The Balaban J connectivity index is 0.986. The van der Waals surface area contributed by atoms with Crippen molar-refractivity contribution in [2.24, 2.45) is 0 Å². The fourth-order valence-electron chi connectivity index (χ4n) is 5.64. The quantitative estimate of drug-likeness (QED) is 0.174. The van der Waals surface area contributed by atoms with Crippen LogP contribution in [0.3, 0.4) is 0 Å². The monoisotopic (exact) mass is 607 g/mol. The first kappa shape index (κ1) is 33.7. The lowest BCUT2D eigenvalue weighted by atomic mass is 10.1. The molecule has 44 heavy (non-hydrogen) atoms. The van der Waals surface area contributed by atoms with E-state index in [4.69, 9.17) is 9.47 Å². The van der Waals surface area contributed by atoms with Crippen molar-refractivity contribution in [3.63, 3.8) is 0 Å². The molecule has 0 saturated carbocycles. The van der Waals surface area contributed by atoms with E-state index in [1.54, 1.807) is 6.92 Å². The summed E-state index contributed by atoms with van der Waals surface area (Å²) in [5, 5.41) is 10.4. The van der Waals surface area contributed by atoms with Crippen LogP contribution >= 0.6 is 0 Å². The average molecular weight is 608 g/mol. The molecule has 0 amide bonds. The highest BCUT2D eigenvalue weighted by Crippen LogP contribution is 2.28. The highest BCUT2D eigenvalue weighted by atomic mass is 16.6. The van der Waals surface area contributed by atoms with Gasteiger partial charge in [-0.3, -0.25) is 29.2 Å². The second-order valence-electron chi connectivity index (χ2n) is 11.9. The molecule has 10 heteroatoms. The Morgan fingerprint density at radius 3 is 2.09 bits per heavy atom. The van der Waals surface area contributed by atoms with Crippen molar-refractivity contribution < 1.29 is 14.6 Å². The summed E-state index contributed by atoms with van der Waals surface area (Å²) < 4.78 is 13.0. The molecule has 3 aromatic heterocycles. The molecule has 1 fully saturated rings. The third kappa shape index (κ3) is 11.4. The summed E-state index contributed by atoms with van der Waals surface area (Å²) in [6, 6.07) is 12.2. The number of rotatable bonds is 20. The summed E-state index contributed by atoms with van der Waals surface area (Å²) >= 11 is 0. The standard InChI is InChI=1S/C34H49N5O5/c1-27-23-39(34(42)37-33(27)41)32-22-30(40)31(44-32)26-43-21-15-9-7-5-3-2-4-6-8-14-20-38(24-28-16-10-12-18-35-28)25-29-17-11-13-19-36-29/h10-13,16-19,23,30-32,40H,2-9,14-15,20-22,24-26H2,1H3,(H,37,41,42)/t30-,31+,32+/m0/s1. The van der Waals surface area contributed by atoms with E-state index in [0.29, 0.717) is 18.8 Å². The normalized spacial score (nSPS) is 18.3. The third-order valence-corrected chi connectivity index (χ3v) is 8.18. The molecule has 1 aliphatic heterocycles. The number of unbranched alkanes of at least 4 members (excludes halogenated alkanes) is 9. The van der Waals surface area contributed by atoms with Crippen molar-refractivity contribution >= 4 is 0 Å². The van der Waals surface area contributed by atoms with Crippen molar-refractivity contribution in [3.8, 4) is 0 Å². The summed E-state index contributed by atoms with van der Waals surface area (Å²) in [7, 11) is 0. The highest BCUT2D eigenvalue weighted by Gasteiger charge is 2.35. The van der Waals surface area contributed by atoms with Crippen molar-refractivity contribution in [1.82, 2.24) is 24.4 Å². The van der Waals surface area contributed by atoms with Crippen LogP contribution in [0.15, 0.2) is 64.6 Å². The summed E-state index contributed by atoms with van der Waals surface area (Å²) in [4.78, 5) is 37.5. The minimum atomic E-state index is -0.712. The van der Waals surface area contributed by atoms with Gasteiger partial charge in [0, 0.05) is 50.3 Å². The fraction of sp³-hybridized carbons (Fsp3) is 0.588. The molecule has 0 bridgehead atoms. The zero-order chi connectivity index (χ0) is 31.0. The van der Waals surface area contributed by atoms with Crippen LogP contribution in [0.1, 0.15) is 93.8 Å². The third-order valence-electron chi connectivity index (χ3n) is 8.18. The van der Waals surface area contributed by atoms with Gasteiger partial charge in [-0.2, -0.15) is 0 Å². The molecule has 1 aliphatic rings. The first-order valence-electron chi connectivity index (χ1n) is 16.2. The Morgan fingerprint density at radius 2 is 1.50 bits per heavy atom. The molecule has 10 nitrogen and oxygen atoms in total. The number of nitrogens with one attached hydrogen (secondary N) is 1. The Kier molecular flexibility index (Phi) is 14.2. The minimum absolute atomic E-state index is 0.288. The molecule has 2 N–H and O–H groups in total. The summed E-state index contributed by atoms with van der Waals surface area (Å²) in [5.74, 6) is 0. The van der Waals surface area contributed by atoms with Crippen LogP contribution in [-0.2, 0) is 22.6 Å². The topological polar surface area (TPSA) is 123 Å². The van der Waals surface area contributed by atoms with Crippen LogP contribution in [0.4, 0.5) is 0 Å². The molecule has 3 aromatic rings. The Bertz CT molecular complexity index is 1290. The van der Waals surface area contributed by atoms with Gasteiger partial charge in [-0.15, -0.1) is 0 Å². The molecule has 0 spiro atoms. The van der Waals surface area contributed by atoms with Crippen LogP contribution in [0.2, 0.25) is 0 Å². The lowest BCUT2D eigenvalue weighted by molar-refractivity contribution is -0.0638. The van der Waals surface area contributed by atoms with Gasteiger partial charge in [-0.05, 0) is 50.6 Å².